The van der Waals surface area contributed by atoms with Crippen molar-refractivity contribution in [2.75, 3.05) is 25.7 Å². The maximum atomic E-state index is 11.0. The fraction of sp³-hybridized carbons (Fsp3) is 1.00. The van der Waals surface area contributed by atoms with Crippen LogP contribution in [-0.2, 0) is 28.6 Å². The van der Waals surface area contributed by atoms with E-state index < -0.39 is 25.7 Å². The molecule has 1 aliphatic rings. The molecule has 0 saturated heterocycles. The maximum Gasteiger partial charge on any atom is 0.264 e. The Morgan fingerprint density at radius 2 is 1.24 bits per heavy atom. The average molecular weight is 286 g/mol. The summed E-state index contributed by atoms with van der Waals surface area (Å²) >= 11 is 0. The van der Waals surface area contributed by atoms with Crippen LogP contribution in [0.2, 0.25) is 0 Å². The molecule has 0 heterocycles. The molecular weight excluding hydrogens is 268 g/mol. The summed E-state index contributed by atoms with van der Waals surface area (Å²) in [6.45, 7) is -0.0251. The Labute approximate surface area is 103 Å². The molecule has 0 bridgehead atoms. The first-order valence-corrected chi connectivity index (χ1v) is 8.94. The molecule has 1 fully saturated rings. The monoisotopic (exact) mass is 286 g/mol. The van der Waals surface area contributed by atoms with E-state index in [1.807, 2.05) is 0 Å². The van der Waals surface area contributed by atoms with E-state index in [0.29, 0.717) is 0 Å². The van der Waals surface area contributed by atoms with Crippen LogP contribution in [0.5, 0.6) is 0 Å². The Morgan fingerprint density at radius 1 is 0.882 bits per heavy atom. The normalized spacial score (nSPS) is 20.6. The minimum absolute atomic E-state index is 0.0125. The highest BCUT2D eigenvalue weighted by atomic mass is 32.2. The Morgan fingerprint density at radius 3 is 1.53 bits per heavy atom. The zero-order valence-corrected chi connectivity index (χ0v) is 11.6. The fourth-order valence-electron chi connectivity index (χ4n) is 1.92. The molecule has 0 aromatic heterocycles. The molecule has 1 aliphatic carbocycles. The van der Waals surface area contributed by atoms with Crippen molar-refractivity contribution in [1.29, 1.82) is 0 Å². The van der Waals surface area contributed by atoms with Crippen LogP contribution in [-0.4, -0.2) is 42.6 Å². The molecule has 0 aromatic carbocycles. The molecule has 1 saturated carbocycles. The van der Waals surface area contributed by atoms with E-state index in [0.717, 1.165) is 38.2 Å². The molecule has 102 valence electrons. The van der Waals surface area contributed by atoms with Crippen molar-refractivity contribution in [3.63, 3.8) is 0 Å². The van der Waals surface area contributed by atoms with Crippen molar-refractivity contribution < 1.29 is 25.2 Å². The van der Waals surface area contributed by atoms with Crippen LogP contribution in [0, 0.1) is 5.41 Å². The lowest BCUT2D eigenvalue weighted by atomic mass is 9.89. The summed E-state index contributed by atoms with van der Waals surface area (Å²) in [6.07, 6.45) is 5.26. The molecule has 0 aromatic rings. The summed E-state index contributed by atoms with van der Waals surface area (Å²) < 4.78 is 53.4. The minimum atomic E-state index is -3.51. The average Bonchev–Trinajstić information content (AvgIpc) is 2.59. The van der Waals surface area contributed by atoms with Crippen LogP contribution >= 0.6 is 0 Å². The first-order valence-electron chi connectivity index (χ1n) is 5.31. The van der Waals surface area contributed by atoms with Gasteiger partial charge in [0.25, 0.3) is 20.2 Å². The topological polar surface area (TPSA) is 86.7 Å². The van der Waals surface area contributed by atoms with Gasteiger partial charge in [-0.15, -0.1) is 0 Å². The maximum absolute atomic E-state index is 11.0. The van der Waals surface area contributed by atoms with Crippen LogP contribution in [0.3, 0.4) is 0 Å². The fourth-order valence-corrected chi connectivity index (χ4v) is 2.85. The minimum Gasteiger partial charge on any atom is -0.270 e. The second kappa shape index (κ2) is 5.21. The van der Waals surface area contributed by atoms with Crippen LogP contribution in [0.15, 0.2) is 0 Å². The van der Waals surface area contributed by atoms with Crippen molar-refractivity contribution in [3.05, 3.63) is 0 Å². The van der Waals surface area contributed by atoms with E-state index in [-0.39, 0.29) is 13.2 Å². The van der Waals surface area contributed by atoms with Gasteiger partial charge in [-0.1, -0.05) is 12.8 Å². The van der Waals surface area contributed by atoms with E-state index in [2.05, 4.69) is 0 Å². The van der Waals surface area contributed by atoms with Gasteiger partial charge >= 0.3 is 0 Å². The van der Waals surface area contributed by atoms with E-state index >= 15 is 0 Å². The molecule has 6 nitrogen and oxygen atoms in total. The smallest absolute Gasteiger partial charge is 0.264 e. The number of hydrogen-bond acceptors (Lipinski definition) is 6. The van der Waals surface area contributed by atoms with Crippen molar-refractivity contribution in [2.24, 2.45) is 5.41 Å². The molecular formula is C9H18O6S2. The van der Waals surface area contributed by atoms with Gasteiger partial charge in [0.1, 0.15) is 0 Å². The predicted molar refractivity (Wildman–Crippen MR) is 62.5 cm³/mol. The highest BCUT2D eigenvalue weighted by molar-refractivity contribution is 7.86. The summed E-state index contributed by atoms with van der Waals surface area (Å²) in [4.78, 5) is 0. The van der Waals surface area contributed by atoms with Crippen molar-refractivity contribution in [3.8, 4) is 0 Å². The summed E-state index contributed by atoms with van der Waals surface area (Å²) in [6, 6.07) is 0. The third-order valence-electron chi connectivity index (χ3n) is 2.82. The largest absolute Gasteiger partial charge is 0.270 e. The van der Waals surface area contributed by atoms with Crippen molar-refractivity contribution in [1.82, 2.24) is 0 Å². The Kier molecular flexibility index (Phi) is 4.56. The second-order valence-electron chi connectivity index (χ2n) is 4.64. The SMILES string of the molecule is CS(=O)(=O)OCC1(COS(C)(=O)=O)CCCC1. The Bertz CT molecular complexity index is 406. The van der Waals surface area contributed by atoms with Crippen LogP contribution in [0.25, 0.3) is 0 Å². The number of hydrogen-bond donors (Lipinski definition) is 0. The summed E-state index contributed by atoms with van der Waals surface area (Å²) in [5, 5.41) is 0. The Balaban J connectivity index is 2.63. The molecule has 1 rings (SSSR count). The lowest BCUT2D eigenvalue weighted by Crippen LogP contribution is -2.31. The van der Waals surface area contributed by atoms with Crippen molar-refractivity contribution in [2.45, 2.75) is 25.7 Å². The van der Waals surface area contributed by atoms with Gasteiger partial charge in [-0.05, 0) is 12.8 Å². The summed E-state index contributed by atoms with van der Waals surface area (Å²) in [5.74, 6) is 0. The standard InChI is InChI=1S/C9H18O6S2/c1-16(10,11)14-7-9(5-3-4-6-9)8-15-17(2,12)13/h3-8H2,1-2H3. The zero-order valence-electron chi connectivity index (χ0n) is 10.0. The van der Waals surface area contributed by atoms with Crippen molar-refractivity contribution >= 4 is 20.2 Å². The first-order chi connectivity index (χ1) is 7.62. The first kappa shape index (κ1) is 14.9. The molecule has 8 heteroatoms. The molecule has 17 heavy (non-hydrogen) atoms. The molecule has 0 aliphatic heterocycles. The summed E-state index contributed by atoms with van der Waals surface area (Å²) in [5.41, 5.74) is -0.494. The highest BCUT2D eigenvalue weighted by Gasteiger charge is 2.36. The second-order valence-corrected chi connectivity index (χ2v) is 7.93. The van der Waals surface area contributed by atoms with E-state index in [9.17, 15) is 16.8 Å². The van der Waals surface area contributed by atoms with Gasteiger partial charge in [0, 0.05) is 5.41 Å². The van der Waals surface area contributed by atoms with Gasteiger partial charge in [0.15, 0.2) is 0 Å². The van der Waals surface area contributed by atoms with Crippen LogP contribution < -0.4 is 0 Å². The van der Waals surface area contributed by atoms with E-state index in [1.165, 1.54) is 0 Å². The van der Waals surface area contributed by atoms with Gasteiger partial charge in [-0.3, -0.25) is 8.37 Å². The van der Waals surface area contributed by atoms with Gasteiger partial charge in [-0.2, -0.15) is 16.8 Å². The van der Waals surface area contributed by atoms with E-state index in [1.54, 1.807) is 0 Å². The predicted octanol–water partition coefficient (Wildman–Crippen LogP) is 0.499. The third-order valence-corrected chi connectivity index (χ3v) is 3.91. The van der Waals surface area contributed by atoms with Crippen LogP contribution in [0.4, 0.5) is 0 Å². The van der Waals surface area contributed by atoms with Gasteiger partial charge in [0.2, 0.25) is 0 Å². The lowest BCUT2D eigenvalue weighted by Gasteiger charge is -2.26. The Hall–Kier alpha value is -0.180. The van der Waals surface area contributed by atoms with Gasteiger partial charge < -0.3 is 0 Å². The van der Waals surface area contributed by atoms with Gasteiger partial charge in [0.05, 0.1) is 25.7 Å². The third kappa shape index (κ3) is 5.80. The molecule has 0 spiro atoms. The number of rotatable bonds is 6. The highest BCUT2D eigenvalue weighted by Crippen LogP contribution is 2.39. The zero-order chi connectivity index (χ0) is 13.2. The molecule has 0 radical (unpaired) electrons. The van der Waals surface area contributed by atoms with Crippen LogP contribution in [0.1, 0.15) is 25.7 Å². The quantitative estimate of drug-likeness (QED) is 0.661. The molecule has 0 unspecified atom stereocenters. The molecule has 0 amide bonds. The molecule has 0 atom stereocenters. The summed E-state index contributed by atoms with van der Waals surface area (Å²) in [7, 11) is -7.02. The lowest BCUT2D eigenvalue weighted by molar-refractivity contribution is 0.0916. The van der Waals surface area contributed by atoms with E-state index in [4.69, 9.17) is 8.37 Å². The van der Waals surface area contributed by atoms with Gasteiger partial charge in [-0.25, -0.2) is 0 Å². The molecule has 0 N–H and O–H groups in total.